The van der Waals surface area contributed by atoms with Gasteiger partial charge in [-0.1, -0.05) is 17.7 Å². The number of rotatable bonds is 2. The second-order valence-electron chi connectivity index (χ2n) is 2.81. The molecule has 76 valence electrons. The fourth-order valence-electron chi connectivity index (χ4n) is 1.08. The van der Waals surface area contributed by atoms with Crippen molar-refractivity contribution in [1.29, 1.82) is 0 Å². The first kappa shape index (κ1) is 9.73. The first-order chi connectivity index (χ1) is 7.27. The predicted molar refractivity (Wildman–Crippen MR) is 58.0 cm³/mol. The summed E-state index contributed by atoms with van der Waals surface area (Å²) in [6.45, 7) is 0. The third-order valence-corrected chi connectivity index (χ3v) is 2.06. The molecule has 1 aromatic heterocycles. The van der Waals surface area contributed by atoms with Crippen molar-refractivity contribution in [2.75, 3.05) is 5.73 Å². The van der Waals surface area contributed by atoms with Crippen molar-refractivity contribution < 1.29 is 4.74 Å². The van der Waals surface area contributed by atoms with E-state index in [1.54, 1.807) is 30.5 Å². The highest BCUT2D eigenvalue weighted by molar-refractivity contribution is 6.32. The Labute approximate surface area is 91.7 Å². The monoisotopic (exact) mass is 221 g/mol. The van der Waals surface area contributed by atoms with E-state index in [-0.39, 0.29) is 0 Å². The Bertz CT molecular complexity index is 441. The van der Waals surface area contributed by atoms with Crippen LogP contribution in [0.4, 0.5) is 5.69 Å². The number of halogens is 1. The molecule has 0 fully saturated rings. The molecule has 0 bridgehead atoms. The number of hydrogen-bond acceptors (Lipinski definition) is 4. The van der Waals surface area contributed by atoms with E-state index in [0.717, 1.165) is 0 Å². The molecule has 15 heavy (non-hydrogen) atoms. The second-order valence-corrected chi connectivity index (χ2v) is 3.22. The van der Waals surface area contributed by atoms with Gasteiger partial charge in [0, 0.05) is 12.3 Å². The average Bonchev–Trinajstić information content (AvgIpc) is 2.25. The third kappa shape index (κ3) is 2.16. The molecule has 2 N–H and O–H groups in total. The number of benzene rings is 1. The lowest BCUT2D eigenvalue weighted by atomic mass is 10.3. The first-order valence-electron chi connectivity index (χ1n) is 4.25. The Kier molecular flexibility index (Phi) is 2.69. The molecule has 5 heteroatoms. The summed E-state index contributed by atoms with van der Waals surface area (Å²) in [4.78, 5) is 7.69. The highest BCUT2D eigenvalue weighted by Gasteiger charge is 2.07. The standard InChI is InChI=1S/C10H8ClN3O/c11-7-2-1-3-8(12)10(7)15-9-4-5-13-6-14-9/h1-6H,12H2. The maximum absolute atomic E-state index is 5.93. The van der Waals surface area contributed by atoms with Crippen molar-refractivity contribution in [1.82, 2.24) is 9.97 Å². The van der Waals surface area contributed by atoms with Crippen molar-refractivity contribution in [3.63, 3.8) is 0 Å². The third-order valence-electron chi connectivity index (χ3n) is 1.76. The second kappa shape index (κ2) is 4.14. The van der Waals surface area contributed by atoms with Gasteiger partial charge >= 0.3 is 0 Å². The Morgan fingerprint density at radius 2 is 2.13 bits per heavy atom. The van der Waals surface area contributed by atoms with Crippen LogP contribution in [0.1, 0.15) is 0 Å². The lowest BCUT2D eigenvalue weighted by Crippen LogP contribution is -1.94. The quantitative estimate of drug-likeness (QED) is 0.792. The van der Waals surface area contributed by atoms with Gasteiger partial charge < -0.3 is 10.5 Å². The van der Waals surface area contributed by atoms with E-state index < -0.39 is 0 Å². The van der Waals surface area contributed by atoms with E-state index >= 15 is 0 Å². The minimum Gasteiger partial charge on any atom is -0.435 e. The number of nitrogens with zero attached hydrogens (tertiary/aromatic N) is 2. The van der Waals surface area contributed by atoms with Crippen LogP contribution in [0.3, 0.4) is 0 Å². The molecule has 2 rings (SSSR count). The number of nitrogen functional groups attached to an aromatic ring is 1. The summed E-state index contributed by atoms with van der Waals surface area (Å²) in [6, 6.07) is 6.80. The zero-order valence-electron chi connectivity index (χ0n) is 7.72. The lowest BCUT2D eigenvalue weighted by Gasteiger charge is -2.08. The van der Waals surface area contributed by atoms with Crippen LogP contribution in [0.25, 0.3) is 0 Å². The zero-order chi connectivity index (χ0) is 10.7. The molecule has 0 unspecified atom stereocenters. The van der Waals surface area contributed by atoms with E-state index in [2.05, 4.69) is 9.97 Å². The summed E-state index contributed by atoms with van der Waals surface area (Å²) in [6.07, 6.45) is 2.97. The molecule has 1 aromatic carbocycles. The van der Waals surface area contributed by atoms with Gasteiger partial charge in [0.2, 0.25) is 5.88 Å². The molecule has 0 radical (unpaired) electrons. The molecule has 0 amide bonds. The molecule has 0 aliphatic carbocycles. The summed E-state index contributed by atoms with van der Waals surface area (Å²) in [5.41, 5.74) is 6.19. The fraction of sp³-hybridized carbons (Fsp3) is 0. The van der Waals surface area contributed by atoms with Crippen molar-refractivity contribution in [2.45, 2.75) is 0 Å². The smallest absolute Gasteiger partial charge is 0.222 e. The molecular weight excluding hydrogens is 214 g/mol. The summed E-state index contributed by atoms with van der Waals surface area (Å²) in [7, 11) is 0. The number of aromatic nitrogens is 2. The Morgan fingerprint density at radius 1 is 1.27 bits per heavy atom. The Hall–Kier alpha value is -1.81. The Balaban J connectivity index is 2.32. The number of nitrogens with two attached hydrogens (primary N) is 1. The predicted octanol–water partition coefficient (Wildman–Crippen LogP) is 2.50. The number of anilines is 1. The number of para-hydroxylation sites is 1. The summed E-state index contributed by atoms with van der Waals surface area (Å²) < 4.78 is 5.43. The summed E-state index contributed by atoms with van der Waals surface area (Å²) in [5, 5.41) is 0.452. The van der Waals surface area contributed by atoms with Gasteiger partial charge in [0.1, 0.15) is 6.33 Å². The maximum Gasteiger partial charge on any atom is 0.222 e. The van der Waals surface area contributed by atoms with Crippen molar-refractivity contribution in [3.8, 4) is 11.6 Å². The van der Waals surface area contributed by atoms with Gasteiger partial charge in [-0.3, -0.25) is 0 Å². The van der Waals surface area contributed by atoms with Gasteiger partial charge in [0.15, 0.2) is 5.75 Å². The van der Waals surface area contributed by atoms with Crippen LogP contribution in [0.15, 0.2) is 36.8 Å². The molecule has 0 aliphatic heterocycles. The van der Waals surface area contributed by atoms with Crippen LogP contribution >= 0.6 is 11.6 Å². The van der Waals surface area contributed by atoms with E-state index in [1.807, 2.05) is 0 Å². The highest BCUT2D eigenvalue weighted by Crippen LogP contribution is 2.33. The van der Waals surface area contributed by atoms with Gasteiger partial charge in [-0.05, 0) is 12.1 Å². The molecule has 4 nitrogen and oxygen atoms in total. The van der Waals surface area contributed by atoms with Crippen LogP contribution in [-0.4, -0.2) is 9.97 Å². The minimum atomic E-state index is 0.407. The molecule has 0 aliphatic rings. The molecule has 0 atom stereocenters. The van der Waals surface area contributed by atoms with E-state index in [4.69, 9.17) is 22.1 Å². The normalized spacial score (nSPS) is 9.93. The molecule has 0 spiro atoms. The summed E-state index contributed by atoms with van der Waals surface area (Å²) >= 11 is 5.93. The van der Waals surface area contributed by atoms with Gasteiger partial charge in [0.05, 0.1) is 10.7 Å². The topological polar surface area (TPSA) is 61.0 Å². The lowest BCUT2D eigenvalue weighted by molar-refractivity contribution is 0.464. The van der Waals surface area contributed by atoms with E-state index in [1.165, 1.54) is 6.33 Å². The van der Waals surface area contributed by atoms with E-state index in [9.17, 15) is 0 Å². The maximum atomic E-state index is 5.93. The minimum absolute atomic E-state index is 0.407. The van der Waals surface area contributed by atoms with E-state index in [0.29, 0.717) is 22.3 Å². The van der Waals surface area contributed by atoms with Crippen molar-refractivity contribution in [3.05, 3.63) is 41.8 Å². The highest BCUT2D eigenvalue weighted by atomic mass is 35.5. The van der Waals surface area contributed by atoms with Crippen molar-refractivity contribution in [2.24, 2.45) is 0 Å². The van der Waals surface area contributed by atoms with Crippen molar-refractivity contribution >= 4 is 17.3 Å². The number of ether oxygens (including phenoxy) is 1. The largest absolute Gasteiger partial charge is 0.435 e. The van der Waals surface area contributed by atoms with Gasteiger partial charge in [-0.25, -0.2) is 9.97 Å². The van der Waals surface area contributed by atoms with Gasteiger partial charge in [-0.2, -0.15) is 0 Å². The van der Waals surface area contributed by atoms with Crippen LogP contribution < -0.4 is 10.5 Å². The van der Waals surface area contributed by atoms with Crippen LogP contribution in [-0.2, 0) is 0 Å². The first-order valence-corrected chi connectivity index (χ1v) is 4.63. The van der Waals surface area contributed by atoms with Crippen LogP contribution in [0, 0.1) is 0 Å². The molecule has 0 saturated carbocycles. The van der Waals surface area contributed by atoms with Gasteiger partial charge in [-0.15, -0.1) is 0 Å². The molecular formula is C10H8ClN3O. The van der Waals surface area contributed by atoms with Crippen LogP contribution in [0.2, 0.25) is 5.02 Å². The number of hydrogen-bond donors (Lipinski definition) is 1. The molecule has 1 heterocycles. The summed E-state index contributed by atoms with van der Waals surface area (Å²) in [5.74, 6) is 0.822. The Morgan fingerprint density at radius 3 is 2.80 bits per heavy atom. The van der Waals surface area contributed by atoms with Gasteiger partial charge in [0.25, 0.3) is 0 Å². The fourth-order valence-corrected chi connectivity index (χ4v) is 1.30. The van der Waals surface area contributed by atoms with Crippen LogP contribution in [0.5, 0.6) is 11.6 Å². The molecule has 0 saturated heterocycles. The average molecular weight is 222 g/mol. The SMILES string of the molecule is Nc1cccc(Cl)c1Oc1ccncn1. The zero-order valence-corrected chi connectivity index (χ0v) is 8.48. The molecule has 2 aromatic rings.